The second-order valence-electron chi connectivity index (χ2n) is 6.74. The highest BCUT2D eigenvalue weighted by Crippen LogP contribution is 2.59. The Morgan fingerprint density at radius 1 is 1.32 bits per heavy atom. The van der Waals surface area contributed by atoms with Crippen molar-refractivity contribution in [1.29, 1.82) is 0 Å². The SMILES string of the molecule is CC(C)=C[C@H]1[C@H](C(=O)Nc2cc3c(cc2Cl)OCO3)C1(C)C. The molecular formula is C17H20ClNO3. The lowest BCUT2D eigenvalue weighted by molar-refractivity contribution is -0.118. The fraction of sp³-hybridized carbons (Fsp3) is 0.471. The molecular weight excluding hydrogens is 302 g/mol. The molecule has 1 aliphatic heterocycles. The van der Waals surface area contributed by atoms with E-state index in [0.29, 0.717) is 22.2 Å². The molecule has 1 aromatic rings. The maximum absolute atomic E-state index is 12.6. The number of hydrogen-bond acceptors (Lipinski definition) is 3. The number of allylic oxidation sites excluding steroid dienone is 2. The Morgan fingerprint density at radius 2 is 1.95 bits per heavy atom. The minimum absolute atomic E-state index is 0.00624. The summed E-state index contributed by atoms with van der Waals surface area (Å²) >= 11 is 6.21. The highest BCUT2D eigenvalue weighted by molar-refractivity contribution is 6.34. The Bertz CT molecular complexity index is 662. The Kier molecular flexibility index (Phi) is 3.60. The zero-order valence-electron chi connectivity index (χ0n) is 13.2. The molecule has 118 valence electrons. The maximum atomic E-state index is 12.6. The van der Waals surface area contributed by atoms with E-state index in [1.54, 1.807) is 12.1 Å². The number of ether oxygens (including phenoxy) is 2. The topological polar surface area (TPSA) is 47.6 Å². The van der Waals surface area contributed by atoms with Crippen molar-refractivity contribution in [2.75, 3.05) is 12.1 Å². The van der Waals surface area contributed by atoms with Crippen LogP contribution in [0.3, 0.4) is 0 Å². The third-order valence-corrected chi connectivity index (χ3v) is 4.74. The van der Waals surface area contributed by atoms with Gasteiger partial charge in [-0.2, -0.15) is 0 Å². The minimum atomic E-state index is -0.0381. The van der Waals surface area contributed by atoms with Crippen LogP contribution in [-0.2, 0) is 4.79 Å². The van der Waals surface area contributed by atoms with Crippen molar-refractivity contribution in [2.24, 2.45) is 17.3 Å². The van der Waals surface area contributed by atoms with Crippen LogP contribution in [0.25, 0.3) is 0 Å². The lowest BCUT2D eigenvalue weighted by Gasteiger charge is -2.09. The Labute approximate surface area is 135 Å². The van der Waals surface area contributed by atoms with Gasteiger partial charge in [0.05, 0.1) is 16.6 Å². The van der Waals surface area contributed by atoms with Crippen LogP contribution in [0.1, 0.15) is 27.7 Å². The van der Waals surface area contributed by atoms with Gasteiger partial charge < -0.3 is 14.8 Å². The number of rotatable bonds is 3. The average Bonchev–Trinajstić information content (AvgIpc) is 2.76. The maximum Gasteiger partial charge on any atom is 0.231 e. The Morgan fingerprint density at radius 3 is 2.59 bits per heavy atom. The standard InChI is InChI=1S/C17H20ClNO3/c1-9(2)5-10-15(17(10,3)4)16(20)19-12-7-14-13(6-11(12)18)21-8-22-14/h5-7,10,15H,8H2,1-4H3,(H,19,20)/t10-,15+/m0/s1. The number of carbonyl (C=O) groups is 1. The molecule has 0 spiro atoms. The molecule has 0 unspecified atom stereocenters. The van der Waals surface area contributed by atoms with Gasteiger partial charge in [0.25, 0.3) is 0 Å². The summed E-state index contributed by atoms with van der Waals surface area (Å²) in [6.45, 7) is 8.52. The molecule has 0 aromatic heterocycles. The summed E-state index contributed by atoms with van der Waals surface area (Å²) in [5, 5.41) is 3.38. The second-order valence-corrected chi connectivity index (χ2v) is 7.15. The molecule has 22 heavy (non-hydrogen) atoms. The molecule has 1 fully saturated rings. The van der Waals surface area contributed by atoms with Crippen LogP contribution in [0.5, 0.6) is 11.5 Å². The van der Waals surface area contributed by atoms with Crippen molar-refractivity contribution in [3.8, 4) is 11.5 Å². The predicted octanol–water partition coefficient (Wildman–Crippen LogP) is 4.25. The molecule has 3 rings (SSSR count). The van der Waals surface area contributed by atoms with Gasteiger partial charge in [-0.15, -0.1) is 0 Å². The fourth-order valence-electron chi connectivity index (χ4n) is 3.07. The number of benzene rings is 1. The first-order valence-corrected chi connectivity index (χ1v) is 7.73. The number of nitrogens with one attached hydrogen (secondary N) is 1. The molecule has 2 atom stereocenters. The third kappa shape index (κ3) is 2.56. The summed E-state index contributed by atoms with van der Waals surface area (Å²) in [5.74, 6) is 1.44. The van der Waals surface area contributed by atoms with Gasteiger partial charge in [-0.1, -0.05) is 37.1 Å². The van der Waals surface area contributed by atoms with Crippen LogP contribution >= 0.6 is 11.6 Å². The van der Waals surface area contributed by atoms with Crippen molar-refractivity contribution in [3.05, 3.63) is 28.8 Å². The van der Waals surface area contributed by atoms with E-state index in [-0.39, 0.29) is 30.0 Å². The Balaban J connectivity index is 1.77. The van der Waals surface area contributed by atoms with Crippen molar-refractivity contribution in [2.45, 2.75) is 27.7 Å². The molecule has 1 aliphatic carbocycles. The number of amides is 1. The fourth-order valence-corrected chi connectivity index (χ4v) is 3.27. The van der Waals surface area contributed by atoms with Gasteiger partial charge in [0, 0.05) is 12.1 Å². The molecule has 2 aliphatic rings. The highest BCUT2D eigenvalue weighted by atomic mass is 35.5. The van der Waals surface area contributed by atoms with Gasteiger partial charge in [0.2, 0.25) is 12.7 Å². The first-order valence-electron chi connectivity index (χ1n) is 7.35. The van der Waals surface area contributed by atoms with E-state index >= 15 is 0 Å². The van der Waals surface area contributed by atoms with Crippen molar-refractivity contribution in [1.82, 2.24) is 0 Å². The molecule has 0 bridgehead atoms. The van der Waals surface area contributed by atoms with Gasteiger partial charge in [-0.05, 0) is 25.2 Å². The minimum Gasteiger partial charge on any atom is -0.454 e. The van der Waals surface area contributed by atoms with E-state index in [1.807, 2.05) is 0 Å². The summed E-state index contributed by atoms with van der Waals surface area (Å²) in [7, 11) is 0. The number of halogens is 1. The van der Waals surface area contributed by atoms with Crippen LogP contribution in [-0.4, -0.2) is 12.7 Å². The number of hydrogen-bond donors (Lipinski definition) is 1. The van der Waals surface area contributed by atoms with Crippen LogP contribution in [0.15, 0.2) is 23.8 Å². The predicted molar refractivity (Wildman–Crippen MR) is 86.4 cm³/mol. The summed E-state index contributed by atoms with van der Waals surface area (Å²) in [6.07, 6.45) is 2.17. The molecule has 0 radical (unpaired) electrons. The molecule has 0 saturated heterocycles. The first kappa shape index (κ1) is 15.2. The van der Waals surface area contributed by atoms with Crippen molar-refractivity contribution < 1.29 is 14.3 Å². The smallest absolute Gasteiger partial charge is 0.231 e. The van der Waals surface area contributed by atoms with Gasteiger partial charge >= 0.3 is 0 Å². The molecule has 1 N–H and O–H groups in total. The number of fused-ring (bicyclic) bond motifs is 1. The van der Waals surface area contributed by atoms with Crippen molar-refractivity contribution in [3.63, 3.8) is 0 Å². The first-order chi connectivity index (χ1) is 10.3. The van der Waals surface area contributed by atoms with Gasteiger partial charge in [0.15, 0.2) is 11.5 Å². The van der Waals surface area contributed by atoms with Crippen LogP contribution < -0.4 is 14.8 Å². The van der Waals surface area contributed by atoms with Crippen LogP contribution in [0, 0.1) is 17.3 Å². The monoisotopic (exact) mass is 321 g/mol. The molecule has 1 heterocycles. The molecule has 4 nitrogen and oxygen atoms in total. The Hall–Kier alpha value is -1.68. The molecule has 1 saturated carbocycles. The van der Waals surface area contributed by atoms with E-state index in [1.165, 1.54) is 5.57 Å². The molecule has 5 heteroatoms. The lowest BCUT2D eigenvalue weighted by Crippen LogP contribution is -2.17. The quantitative estimate of drug-likeness (QED) is 0.847. The molecule has 1 aromatic carbocycles. The zero-order chi connectivity index (χ0) is 16.1. The van der Waals surface area contributed by atoms with Crippen LogP contribution in [0.4, 0.5) is 5.69 Å². The summed E-state index contributed by atoms with van der Waals surface area (Å²) in [5.41, 5.74) is 1.77. The summed E-state index contributed by atoms with van der Waals surface area (Å²) in [6, 6.07) is 3.39. The number of anilines is 1. The van der Waals surface area contributed by atoms with E-state index in [0.717, 1.165) is 0 Å². The molecule has 1 amide bonds. The third-order valence-electron chi connectivity index (χ3n) is 4.43. The van der Waals surface area contributed by atoms with Crippen LogP contribution in [0.2, 0.25) is 5.02 Å². The zero-order valence-corrected chi connectivity index (χ0v) is 14.0. The largest absolute Gasteiger partial charge is 0.454 e. The van der Waals surface area contributed by atoms with Gasteiger partial charge in [0.1, 0.15) is 0 Å². The van der Waals surface area contributed by atoms with E-state index in [2.05, 4.69) is 39.1 Å². The number of carbonyl (C=O) groups excluding carboxylic acids is 1. The van der Waals surface area contributed by atoms with Gasteiger partial charge in [-0.3, -0.25) is 4.79 Å². The average molecular weight is 322 g/mol. The van der Waals surface area contributed by atoms with E-state index in [9.17, 15) is 4.79 Å². The van der Waals surface area contributed by atoms with Gasteiger partial charge in [-0.25, -0.2) is 0 Å². The van der Waals surface area contributed by atoms with E-state index in [4.69, 9.17) is 21.1 Å². The lowest BCUT2D eigenvalue weighted by atomic mass is 10.1. The second kappa shape index (κ2) is 5.20. The highest BCUT2D eigenvalue weighted by Gasteiger charge is 2.60. The van der Waals surface area contributed by atoms with E-state index < -0.39 is 0 Å². The summed E-state index contributed by atoms with van der Waals surface area (Å²) < 4.78 is 10.6. The van der Waals surface area contributed by atoms with Crippen molar-refractivity contribution >= 4 is 23.2 Å². The summed E-state index contributed by atoms with van der Waals surface area (Å²) in [4.78, 5) is 12.6. The normalized spacial score (nSPS) is 23.9.